The van der Waals surface area contributed by atoms with Crippen LogP contribution in [0, 0.1) is 0 Å². The van der Waals surface area contributed by atoms with Gasteiger partial charge in [0.1, 0.15) is 6.54 Å². The molecular formula is C9H12N2O4. The predicted molar refractivity (Wildman–Crippen MR) is 50.2 cm³/mol. The summed E-state index contributed by atoms with van der Waals surface area (Å²) in [6, 6.07) is 1.56. The van der Waals surface area contributed by atoms with Gasteiger partial charge in [0, 0.05) is 6.20 Å². The van der Waals surface area contributed by atoms with Gasteiger partial charge in [-0.15, -0.1) is 0 Å². The second kappa shape index (κ2) is 5.14. The molecule has 1 heterocycles. The Bertz CT molecular complexity index is 359. The summed E-state index contributed by atoms with van der Waals surface area (Å²) < 4.78 is 6.08. The first-order chi connectivity index (χ1) is 7.11. The number of aliphatic carboxylic acids is 1. The maximum Gasteiger partial charge on any atom is 0.327 e. The van der Waals surface area contributed by atoms with Gasteiger partial charge in [-0.1, -0.05) is 0 Å². The Morgan fingerprint density at radius 3 is 2.93 bits per heavy atom. The molecule has 0 saturated heterocycles. The van der Waals surface area contributed by atoms with Crippen LogP contribution in [-0.4, -0.2) is 33.4 Å². The van der Waals surface area contributed by atoms with Crippen molar-refractivity contribution in [3.05, 3.63) is 18.0 Å². The van der Waals surface area contributed by atoms with Gasteiger partial charge >= 0.3 is 11.9 Å². The van der Waals surface area contributed by atoms with E-state index in [1.54, 1.807) is 19.2 Å². The normalized spacial score (nSPS) is 9.93. The summed E-state index contributed by atoms with van der Waals surface area (Å²) in [4.78, 5) is 21.4. The molecule has 6 nitrogen and oxygen atoms in total. The topological polar surface area (TPSA) is 81.4 Å². The van der Waals surface area contributed by atoms with Crippen molar-refractivity contribution < 1.29 is 19.4 Å². The number of nitrogens with zero attached hydrogens (tertiary/aromatic N) is 2. The first kappa shape index (κ1) is 11.2. The molecule has 0 aliphatic carbocycles. The van der Waals surface area contributed by atoms with Gasteiger partial charge in [-0.3, -0.25) is 14.3 Å². The van der Waals surface area contributed by atoms with Gasteiger partial charge in [-0.2, -0.15) is 5.10 Å². The van der Waals surface area contributed by atoms with Crippen LogP contribution < -0.4 is 0 Å². The Kier molecular flexibility index (Phi) is 3.84. The Labute approximate surface area is 86.5 Å². The van der Waals surface area contributed by atoms with Crippen LogP contribution in [0.2, 0.25) is 0 Å². The molecular weight excluding hydrogens is 200 g/mol. The first-order valence-corrected chi connectivity index (χ1v) is 4.51. The number of carboxylic acid groups (broad SMARTS) is 1. The molecule has 0 saturated carbocycles. The van der Waals surface area contributed by atoms with Gasteiger partial charge in [0.2, 0.25) is 0 Å². The van der Waals surface area contributed by atoms with Crippen molar-refractivity contribution in [3.8, 4) is 0 Å². The molecule has 0 atom stereocenters. The molecule has 0 radical (unpaired) electrons. The quantitative estimate of drug-likeness (QED) is 0.698. The maximum absolute atomic E-state index is 11.0. The van der Waals surface area contributed by atoms with Gasteiger partial charge < -0.3 is 9.84 Å². The van der Waals surface area contributed by atoms with E-state index in [-0.39, 0.29) is 18.9 Å². The van der Waals surface area contributed by atoms with E-state index in [4.69, 9.17) is 9.84 Å². The van der Waals surface area contributed by atoms with Crippen LogP contribution in [0.1, 0.15) is 12.6 Å². The van der Waals surface area contributed by atoms with Gasteiger partial charge in [0.15, 0.2) is 0 Å². The Balaban J connectivity index is 2.52. The second-order valence-corrected chi connectivity index (χ2v) is 2.88. The highest BCUT2D eigenvalue weighted by atomic mass is 16.5. The summed E-state index contributed by atoms with van der Waals surface area (Å²) in [6.45, 7) is 2.05. The molecule has 0 aliphatic heterocycles. The van der Waals surface area contributed by atoms with E-state index in [0.717, 1.165) is 0 Å². The lowest BCUT2D eigenvalue weighted by Gasteiger charge is -2.00. The molecule has 6 heteroatoms. The highest BCUT2D eigenvalue weighted by Gasteiger charge is 2.07. The number of hydrogen-bond donors (Lipinski definition) is 1. The van der Waals surface area contributed by atoms with E-state index in [0.29, 0.717) is 12.3 Å². The van der Waals surface area contributed by atoms with Crippen LogP contribution in [0.4, 0.5) is 0 Å². The Morgan fingerprint density at radius 1 is 1.60 bits per heavy atom. The van der Waals surface area contributed by atoms with Gasteiger partial charge in [-0.05, 0) is 13.0 Å². The van der Waals surface area contributed by atoms with Crippen LogP contribution in [0.5, 0.6) is 0 Å². The van der Waals surface area contributed by atoms with E-state index in [1.165, 1.54) is 4.68 Å². The monoisotopic (exact) mass is 212 g/mol. The van der Waals surface area contributed by atoms with Crippen molar-refractivity contribution in [2.45, 2.75) is 19.9 Å². The zero-order chi connectivity index (χ0) is 11.3. The first-order valence-electron chi connectivity index (χ1n) is 4.51. The summed E-state index contributed by atoms with van der Waals surface area (Å²) in [5, 5.41) is 12.4. The summed E-state index contributed by atoms with van der Waals surface area (Å²) in [7, 11) is 0. The smallest absolute Gasteiger partial charge is 0.327 e. The summed E-state index contributed by atoms with van der Waals surface area (Å²) in [5.41, 5.74) is 0.423. The van der Waals surface area contributed by atoms with Gasteiger partial charge in [-0.25, -0.2) is 0 Å². The fourth-order valence-electron chi connectivity index (χ4n) is 1.08. The number of carbonyl (C=O) groups is 2. The molecule has 15 heavy (non-hydrogen) atoms. The Morgan fingerprint density at radius 2 is 2.33 bits per heavy atom. The minimum absolute atomic E-state index is 0.00740. The zero-order valence-corrected chi connectivity index (χ0v) is 8.34. The van der Waals surface area contributed by atoms with Crippen LogP contribution in [0.15, 0.2) is 12.3 Å². The third kappa shape index (κ3) is 3.80. The van der Waals surface area contributed by atoms with Gasteiger partial charge in [0.05, 0.1) is 18.7 Å². The van der Waals surface area contributed by atoms with E-state index < -0.39 is 5.97 Å². The lowest BCUT2D eigenvalue weighted by molar-refractivity contribution is -0.144. The fourth-order valence-corrected chi connectivity index (χ4v) is 1.08. The van der Waals surface area contributed by atoms with Crippen molar-refractivity contribution in [2.75, 3.05) is 6.61 Å². The number of hydrogen-bond acceptors (Lipinski definition) is 4. The minimum Gasteiger partial charge on any atom is -0.481 e. The Hall–Kier alpha value is -1.85. The van der Waals surface area contributed by atoms with E-state index in [1.807, 2.05) is 0 Å². The third-order valence-corrected chi connectivity index (χ3v) is 1.62. The van der Waals surface area contributed by atoms with E-state index >= 15 is 0 Å². The molecule has 1 aromatic rings. The average molecular weight is 212 g/mol. The van der Waals surface area contributed by atoms with Crippen LogP contribution in [0.25, 0.3) is 0 Å². The van der Waals surface area contributed by atoms with E-state index in [9.17, 15) is 9.59 Å². The van der Waals surface area contributed by atoms with Crippen molar-refractivity contribution in [2.24, 2.45) is 0 Å². The minimum atomic E-state index is -0.948. The molecule has 0 bridgehead atoms. The highest BCUT2D eigenvalue weighted by molar-refractivity contribution is 5.70. The van der Waals surface area contributed by atoms with Crippen LogP contribution >= 0.6 is 0 Å². The summed E-state index contributed by atoms with van der Waals surface area (Å²) in [6.07, 6.45) is 1.41. The predicted octanol–water partition coefficient (Wildman–Crippen LogP) is 0.0733. The summed E-state index contributed by atoms with van der Waals surface area (Å²) in [5.74, 6) is -1.33. The lowest BCUT2D eigenvalue weighted by Crippen LogP contribution is -2.14. The standard InChI is InChI=1S/C9H12N2O4/c1-2-15-9(14)6-11-4-3-7(10-11)5-8(12)13/h3-4H,2,5-6H2,1H3,(H,12,13). The van der Waals surface area contributed by atoms with Crippen molar-refractivity contribution in [1.29, 1.82) is 0 Å². The van der Waals surface area contributed by atoms with Crippen molar-refractivity contribution in [1.82, 2.24) is 9.78 Å². The lowest BCUT2D eigenvalue weighted by atomic mass is 10.3. The highest BCUT2D eigenvalue weighted by Crippen LogP contribution is 1.97. The largest absolute Gasteiger partial charge is 0.481 e. The number of aromatic nitrogens is 2. The molecule has 0 amide bonds. The number of rotatable bonds is 5. The molecule has 0 fully saturated rings. The molecule has 1 N–H and O–H groups in total. The van der Waals surface area contributed by atoms with Crippen molar-refractivity contribution >= 4 is 11.9 Å². The third-order valence-electron chi connectivity index (χ3n) is 1.62. The SMILES string of the molecule is CCOC(=O)Cn1ccc(CC(=O)O)n1. The molecule has 0 aromatic carbocycles. The van der Waals surface area contributed by atoms with Crippen LogP contribution in [0.3, 0.4) is 0 Å². The number of carbonyl (C=O) groups excluding carboxylic acids is 1. The fraction of sp³-hybridized carbons (Fsp3) is 0.444. The molecule has 82 valence electrons. The van der Waals surface area contributed by atoms with Gasteiger partial charge in [0.25, 0.3) is 0 Å². The molecule has 0 aliphatic rings. The number of esters is 1. The zero-order valence-electron chi connectivity index (χ0n) is 8.34. The molecule has 1 aromatic heterocycles. The van der Waals surface area contributed by atoms with E-state index in [2.05, 4.69) is 5.10 Å². The second-order valence-electron chi connectivity index (χ2n) is 2.88. The molecule has 0 spiro atoms. The maximum atomic E-state index is 11.0. The summed E-state index contributed by atoms with van der Waals surface area (Å²) >= 11 is 0. The number of ether oxygens (including phenoxy) is 1. The van der Waals surface area contributed by atoms with Crippen LogP contribution in [-0.2, 0) is 27.3 Å². The molecule has 0 unspecified atom stereocenters. The van der Waals surface area contributed by atoms with Crippen molar-refractivity contribution in [3.63, 3.8) is 0 Å². The average Bonchev–Trinajstić information content (AvgIpc) is 2.51. The number of carboxylic acids is 1. The molecule has 1 rings (SSSR count).